The fraction of sp³-hybridized carbons (Fsp3) is 0.643. The number of hydrogen-bond donors (Lipinski definition) is 1. The Morgan fingerprint density at radius 1 is 1.42 bits per heavy atom. The topological polar surface area (TPSA) is 45.5 Å². The van der Waals surface area contributed by atoms with Gasteiger partial charge in [-0.05, 0) is 47.2 Å². The quantitative estimate of drug-likeness (QED) is 0.907. The SMILES string of the molecule is CC1CCN(C(=O)c2cc(Br)cn2C2CC2)CC1O. The summed E-state index contributed by atoms with van der Waals surface area (Å²) in [7, 11) is 0. The van der Waals surface area contributed by atoms with Gasteiger partial charge in [0.25, 0.3) is 5.91 Å². The van der Waals surface area contributed by atoms with Gasteiger partial charge in [-0.25, -0.2) is 0 Å². The molecule has 4 nitrogen and oxygen atoms in total. The second kappa shape index (κ2) is 4.94. The van der Waals surface area contributed by atoms with E-state index >= 15 is 0 Å². The van der Waals surface area contributed by atoms with Crippen molar-refractivity contribution in [3.8, 4) is 0 Å². The van der Waals surface area contributed by atoms with Gasteiger partial charge >= 0.3 is 0 Å². The van der Waals surface area contributed by atoms with Crippen LogP contribution in [0.15, 0.2) is 16.7 Å². The van der Waals surface area contributed by atoms with E-state index in [4.69, 9.17) is 0 Å². The second-order valence-electron chi connectivity index (χ2n) is 5.77. The lowest BCUT2D eigenvalue weighted by atomic mass is 9.96. The van der Waals surface area contributed by atoms with E-state index in [-0.39, 0.29) is 11.8 Å². The third kappa shape index (κ3) is 2.58. The van der Waals surface area contributed by atoms with Crippen molar-refractivity contribution in [1.82, 2.24) is 9.47 Å². The number of rotatable bonds is 2. The van der Waals surface area contributed by atoms with E-state index in [0.717, 1.165) is 36.0 Å². The summed E-state index contributed by atoms with van der Waals surface area (Å²) in [5.74, 6) is 0.328. The number of aliphatic hydroxyl groups is 1. The largest absolute Gasteiger partial charge is 0.391 e. The van der Waals surface area contributed by atoms with Crippen LogP contribution in [-0.2, 0) is 0 Å². The molecule has 5 heteroatoms. The molecule has 1 aromatic heterocycles. The van der Waals surface area contributed by atoms with Crippen molar-refractivity contribution in [3.05, 3.63) is 22.4 Å². The number of likely N-dealkylation sites (tertiary alicyclic amines) is 1. The van der Waals surface area contributed by atoms with Crippen molar-refractivity contribution in [3.63, 3.8) is 0 Å². The van der Waals surface area contributed by atoms with Crippen LogP contribution >= 0.6 is 15.9 Å². The summed E-state index contributed by atoms with van der Waals surface area (Å²) in [6.45, 7) is 3.23. The molecule has 104 valence electrons. The summed E-state index contributed by atoms with van der Waals surface area (Å²) < 4.78 is 3.03. The zero-order valence-corrected chi connectivity index (χ0v) is 12.6. The maximum absolute atomic E-state index is 12.6. The first kappa shape index (κ1) is 13.2. The Labute approximate surface area is 121 Å². The van der Waals surface area contributed by atoms with Gasteiger partial charge in [0.2, 0.25) is 0 Å². The van der Waals surface area contributed by atoms with Gasteiger partial charge in [0.1, 0.15) is 5.69 Å². The predicted molar refractivity (Wildman–Crippen MR) is 76.1 cm³/mol. The van der Waals surface area contributed by atoms with Crippen LogP contribution in [0.5, 0.6) is 0 Å². The molecule has 0 spiro atoms. The van der Waals surface area contributed by atoms with Crippen LogP contribution in [0.25, 0.3) is 0 Å². The van der Waals surface area contributed by atoms with Crippen LogP contribution in [0, 0.1) is 5.92 Å². The van der Waals surface area contributed by atoms with E-state index in [0.29, 0.717) is 12.6 Å². The van der Waals surface area contributed by atoms with Crippen molar-refractivity contribution >= 4 is 21.8 Å². The minimum Gasteiger partial charge on any atom is -0.391 e. The molecule has 1 aromatic rings. The van der Waals surface area contributed by atoms with Crippen LogP contribution in [0.4, 0.5) is 0 Å². The minimum atomic E-state index is -0.398. The maximum atomic E-state index is 12.6. The van der Waals surface area contributed by atoms with Crippen LogP contribution in [-0.4, -0.2) is 39.7 Å². The average molecular weight is 327 g/mol. The number of carbonyl (C=O) groups excluding carboxylic acids is 1. The summed E-state index contributed by atoms with van der Waals surface area (Å²) in [5, 5.41) is 9.93. The van der Waals surface area contributed by atoms with Gasteiger partial charge in [0.15, 0.2) is 0 Å². The molecule has 2 atom stereocenters. The highest BCUT2D eigenvalue weighted by molar-refractivity contribution is 9.10. The monoisotopic (exact) mass is 326 g/mol. The molecule has 0 bridgehead atoms. The lowest BCUT2D eigenvalue weighted by Crippen LogP contribution is -2.46. The maximum Gasteiger partial charge on any atom is 0.270 e. The first-order chi connectivity index (χ1) is 9.06. The number of halogens is 1. The van der Waals surface area contributed by atoms with Crippen molar-refractivity contribution in [2.24, 2.45) is 5.92 Å². The predicted octanol–water partition coefficient (Wildman–Crippen LogP) is 2.43. The molecular formula is C14H19BrN2O2. The van der Waals surface area contributed by atoms with Gasteiger partial charge in [-0.2, -0.15) is 0 Å². The van der Waals surface area contributed by atoms with Crippen molar-refractivity contribution < 1.29 is 9.90 Å². The number of amides is 1. The van der Waals surface area contributed by atoms with Gasteiger partial charge in [-0.15, -0.1) is 0 Å². The Bertz CT molecular complexity index is 496. The average Bonchev–Trinajstić information content (AvgIpc) is 3.15. The van der Waals surface area contributed by atoms with Gasteiger partial charge in [-0.1, -0.05) is 6.92 Å². The number of piperidine rings is 1. The lowest BCUT2D eigenvalue weighted by molar-refractivity contribution is 0.0242. The van der Waals surface area contributed by atoms with Crippen molar-refractivity contribution in [1.29, 1.82) is 0 Å². The third-order valence-electron chi connectivity index (χ3n) is 4.18. The molecule has 0 aromatic carbocycles. The third-order valence-corrected chi connectivity index (χ3v) is 4.61. The number of aliphatic hydroxyl groups excluding tert-OH is 1. The van der Waals surface area contributed by atoms with Gasteiger partial charge in [-0.3, -0.25) is 4.79 Å². The first-order valence-corrected chi connectivity index (χ1v) is 7.70. The summed E-state index contributed by atoms with van der Waals surface area (Å²) in [6, 6.07) is 2.38. The van der Waals surface area contributed by atoms with Crippen LogP contribution in [0.2, 0.25) is 0 Å². The molecule has 0 radical (unpaired) electrons. The van der Waals surface area contributed by atoms with Crippen LogP contribution in [0.1, 0.15) is 42.7 Å². The van der Waals surface area contributed by atoms with E-state index in [2.05, 4.69) is 20.5 Å². The van der Waals surface area contributed by atoms with Crippen molar-refractivity contribution in [2.75, 3.05) is 13.1 Å². The number of aromatic nitrogens is 1. The molecule has 1 saturated carbocycles. The van der Waals surface area contributed by atoms with Crippen molar-refractivity contribution in [2.45, 2.75) is 38.3 Å². The van der Waals surface area contributed by atoms with Crippen LogP contribution < -0.4 is 0 Å². The Morgan fingerprint density at radius 2 is 2.16 bits per heavy atom. The highest BCUT2D eigenvalue weighted by atomic mass is 79.9. The van der Waals surface area contributed by atoms with Gasteiger partial charge < -0.3 is 14.6 Å². The molecule has 1 aliphatic heterocycles. The van der Waals surface area contributed by atoms with Gasteiger partial charge in [0, 0.05) is 29.8 Å². The molecule has 2 fully saturated rings. The van der Waals surface area contributed by atoms with E-state index < -0.39 is 6.10 Å². The molecule has 1 amide bonds. The highest BCUT2D eigenvalue weighted by Gasteiger charge is 2.32. The van der Waals surface area contributed by atoms with E-state index in [1.165, 1.54) is 0 Å². The molecule has 2 unspecified atom stereocenters. The lowest BCUT2D eigenvalue weighted by Gasteiger charge is -2.34. The highest BCUT2D eigenvalue weighted by Crippen LogP contribution is 2.38. The first-order valence-electron chi connectivity index (χ1n) is 6.91. The molecule has 2 heterocycles. The number of carbonyl (C=O) groups is 1. The number of nitrogens with zero attached hydrogens (tertiary/aromatic N) is 2. The summed E-state index contributed by atoms with van der Waals surface area (Å²) in [4.78, 5) is 14.4. The fourth-order valence-corrected chi connectivity index (χ4v) is 3.10. The Hall–Kier alpha value is -0.810. The Morgan fingerprint density at radius 3 is 2.79 bits per heavy atom. The zero-order valence-electron chi connectivity index (χ0n) is 11.1. The fourth-order valence-electron chi connectivity index (χ4n) is 2.67. The zero-order chi connectivity index (χ0) is 13.6. The number of hydrogen-bond acceptors (Lipinski definition) is 2. The molecular weight excluding hydrogens is 308 g/mol. The smallest absolute Gasteiger partial charge is 0.270 e. The molecule has 1 aliphatic carbocycles. The summed E-state index contributed by atoms with van der Waals surface area (Å²) >= 11 is 3.45. The Kier molecular flexibility index (Phi) is 3.43. The van der Waals surface area contributed by atoms with Crippen LogP contribution in [0.3, 0.4) is 0 Å². The summed E-state index contributed by atoms with van der Waals surface area (Å²) in [5.41, 5.74) is 0.746. The second-order valence-corrected chi connectivity index (χ2v) is 6.68. The molecule has 2 aliphatic rings. The minimum absolute atomic E-state index is 0.0450. The normalized spacial score (nSPS) is 27.6. The molecule has 3 rings (SSSR count). The molecule has 1 N–H and O–H groups in total. The number of β-amino-alcohol motifs (C(OH)–C–C–N with tert-alkyl or cyclic N) is 1. The molecule has 19 heavy (non-hydrogen) atoms. The van der Waals surface area contributed by atoms with E-state index in [9.17, 15) is 9.90 Å². The van der Waals surface area contributed by atoms with E-state index in [1.54, 1.807) is 4.90 Å². The van der Waals surface area contributed by atoms with Gasteiger partial charge in [0.05, 0.1) is 6.10 Å². The Balaban J connectivity index is 1.80. The van der Waals surface area contributed by atoms with E-state index in [1.807, 2.05) is 19.2 Å². The molecule has 1 saturated heterocycles. The summed E-state index contributed by atoms with van der Waals surface area (Å²) in [6.07, 6.45) is 4.78. The standard InChI is InChI=1S/C14H19BrN2O2/c1-9-4-5-16(8-13(9)18)14(19)12-6-10(15)7-17(12)11-2-3-11/h6-7,9,11,13,18H,2-5,8H2,1H3.